The number of ether oxygens (including phenoxy) is 3. The van der Waals surface area contributed by atoms with E-state index < -0.39 is 36.3 Å². The molecule has 2 N–H and O–H groups in total. The number of carbonyl (C=O) groups excluding carboxylic acids is 2. The lowest BCUT2D eigenvalue weighted by atomic mass is 10.0. The van der Waals surface area contributed by atoms with E-state index >= 15 is 0 Å². The van der Waals surface area contributed by atoms with Gasteiger partial charge in [0.25, 0.3) is 0 Å². The minimum absolute atomic E-state index is 0.0264. The molecule has 0 aliphatic carbocycles. The number of carbonyl (C=O) groups is 2. The Morgan fingerprint density at radius 2 is 1.84 bits per heavy atom. The first-order valence-corrected chi connectivity index (χ1v) is 13.9. The molecule has 4 rings (SSSR count). The summed E-state index contributed by atoms with van der Waals surface area (Å²) in [5.74, 6) is -0.0506. The number of aromatic nitrogens is 2. The quantitative estimate of drug-likeness (QED) is 0.358. The summed E-state index contributed by atoms with van der Waals surface area (Å²) in [5, 5.41) is 0.787. The molecule has 1 aromatic carbocycles. The van der Waals surface area contributed by atoms with Gasteiger partial charge in [-0.2, -0.15) is 13.2 Å². The van der Waals surface area contributed by atoms with Gasteiger partial charge in [0.1, 0.15) is 22.7 Å². The molecule has 1 unspecified atom stereocenters. The third-order valence-corrected chi connectivity index (χ3v) is 7.38. The number of halogens is 3. The number of alkyl halides is 3. The largest absolute Gasteiger partial charge is 0.496 e. The van der Waals surface area contributed by atoms with Gasteiger partial charge in [0.05, 0.1) is 37.9 Å². The summed E-state index contributed by atoms with van der Waals surface area (Å²) < 4.78 is 56.8. The minimum Gasteiger partial charge on any atom is -0.496 e. The van der Waals surface area contributed by atoms with Gasteiger partial charge in [-0.3, -0.25) is 14.4 Å². The van der Waals surface area contributed by atoms with Gasteiger partial charge < -0.3 is 19.9 Å². The zero-order valence-corrected chi connectivity index (χ0v) is 25.2. The number of nitrogens with two attached hydrogens (primary N) is 1. The predicted molar refractivity (Wildman–Crippen MR) is 155 cm³/mol. The van der Waals surface area contributed by atoms with Crippen molar-refractivity contribution in [2.24, 2.45) is 0 Å². The minimum atomic E-state index is -4.28. The first-order valence-electron chi connectivity index (χ1n) is 13.9. The van der Waals surface area contributed by atoms with Crippen LogP contribution in [0, 0.1) is 6.92 Å². The van der Waals surface area contributed by atoms with Gasteiger partial charge in [0.15, 0.2) is 0 Å². The molecule has 0 saturated carbocycles. The first kappa shape index (κ1) is 32.1. The summed E-state index contributed by atoms with van der Waals surface area (Å²) >= 11 is 0. The molecule has 3 heterocycles. The van der Waals surface area contributed by atoms with Crippen LogP contribution < -0.4 is 10.5 Å². The van der Waals surface area contributed by atoms with E-state index in [-0.39, 0.29) is 24.5 Å². The van der Waals surface area contributed by atoms with Crippen LogP contribution in [0.15, 0.2) is 30.5 Å². The van der Waals surface area contributed by atoms with Crippen molar-refractivity contribution in [3.63, 3.8) is 0 Å². The Kier molecular flexibility index (Phi) is 9.26. The molecule has 234 valence electrons. The Labute approximate surface area is 248 Å². The Morgan fingerprint density at radius 3 is 2.44 bits per heavy atom. The van der Waals surface area contributed by atoms with Crippen LogP contribution in [0.3, 0.4) is 0 Å². The standard InChI is InChI=1S/C30H38F3N5O5/c1-18-15-24(41-5)21(19-9-11-38(25(18)19)28(40)43-29(2,3)4)16-37-14-13-36(12-10-30(31,32)33)17-23(37)22-8-7-20(26(34)35-22)27(39)42-6/h7-9,11,15,23H,10,12-14,16-17H2,1-6H3,(H2,34,35). The fourth-order valence-electron chi connectivity index (χ4n) is 5.37. The van der Waals surface area contributed by atoms with Crippen molar-refractivity contribution < 1.29 is 37.0 Å². The second kappa shape index (κ2) is 12.4. The zero-order valence-electron chi connectivity index (χ0n) is 25.2. The highest BCUT2D eigenvalue weighted by Crippen LogP contribution is 2.36. The van der Waals surface area contributed by atoms with Gasteiger partial charge in [-0.15, -0.1) is 0 Å². The van der Waals surface area contributed by atoms with Crippen molar-refractivity contribution in [2.45, 2.75) is 58.5 Å². The molecule has 1 aliphatic rings. The highest BCUT2D eigenvalue weighted by atomic mass is 19.4. The topological polar surface area (TPSA) is 112 Å². The van der Waals surface area contributed by atoms with Gasteiger partial charge in [0, 0.05) is 49.9 Å². The molecule has 1 fully saturated rings. The van der Waals surface area contributed by atoms with Gasteiger partial charge >= 0.3 is 18.2 Å². The first-order chi connectivity index (χ1) is 20.1. The average molecular weight is 606 g/mol. The average Bonchev–Trinajstić information content (AvgIpc) is 3.38. The predicted octanol–water partition coefficient (Wildman–Crippen LogP) is 5.32. The summed E-state index contributed by atoms with van der Waals surface area (Å²) in [4.78, 5) is 33.5. The Hall–Kier alpha value is -3.84. The summed E-state index contributed by atoms with van der Waals surface area (Å²) in [6.45, 7) is 8.55. The fraction of sp³-hybridized carbons (Fsp3) is 0.500. The Balaban J connectivity index is 1.74. The van der Waals surface area contributed by atoms with Crippen molar-refractivity contribution >= 4 is 28.8 Å². The number of nitrogens with zero attached hydrogens (tertiary/aromatic N) is 4. The number of hydrogen-bond donors (Lipinski definition) is 1. The number of methoxy groups -OCH3 is 2. The lowest BCUT2D eigenvalue weighted by Crippen LogP contribution is -2.49. The maximum atomic E-state index is 13.1. The van der Waals surface area contributed by atoms with E-state index in [0.717, 1.165) is 16.5 Å². The Bertz CT molecular complexity index is 1500. The molecular weight excluding hydrogens is 567 g/mol. The van der Waals surface area contributed by atoms with E-state index in [1.54, 1.807) is 45.0 Å². The highest BCUT2D eigenvalue weighted by Gasteiger charge is 2.34. The normalized spacial score (nSPS) is 16.8. The van der Waals surface area contributed by atoms with Crippen LogP contribution in [0.1, 0.15) is 60.4 Å². The molecule has 43 heavy (non-hydrogen) atoms. The van der Waals surface area contributed by atoms with Gasteiger partial charge in [0.2, 0.25) is 0 Å². The molecular formula is C30H38F3N5O5. The fourth-order valence-corrected chi connectivity index (χ4v) is 5.37. The third kappa shape index (κ3) is 7.39. The van der Waals surface area contributed by atoms with Crippen LogP contribution in [0.25, 0.3) is 10.9 Å². The smallest absolute Gasteiger partial charge is 0.419 e. The molecule has 0 amide bonds. The summed E-state index contributed by atoms with van der Waals surface area (Å²) in [6, 6.07) is 6.40. The van der Waals surface area contributed by atoms with E-state index in [1.165, 1.54) is 17.7 Å². The molecule has 3 aromatic rings. The molecule has 0 radical (unpaired) electrons. The molecule has 1 atom stereocenters. The van der Waals surface area contributed by atoms with E-state index in [0.29, 0.717) is 36.6 Å². The monoisotopic (exact) mass is 605 g/mol. The lowest BCUT2D eigenvalue weighted by molar-refractivity contribution is -0.139. The number of piperazine rings is 1. The molecule has 0 spiro atoms. The summed E-state index contributed by atoms with van der Waals surface area (Å²) in [5.41, 5.74) is 8.33. The van der Waals surface area contributed by atoms with Crippen molar-refractivity contribution in [2.75, 3.05) is 46.1 Å². The molecule has 1 saturated heterocycles. The summed E-state index contributed by atoms with van der Waals surface area (Å²) in [6.07, 6.45) is -4.06. The van der Waals surface area contributed by atoms with Crippen molar-refractivity contribution in [1.29, 1.82) is 0 Å². The van der Waals surface area contributed by atoms with Crippen LogP contribution in [-0.4, -0.2) is 83.6 Å². The van der Waals surface area contributed by atoms with Gasteiger partial charge in [-0.05, 0) is 57.5 Å². The maximum Gasteiger partial charge on any atom is 0.419 e. The number of pyridine rings is 1. The van der Waals surface area contributed by atoms with Crippen molar-refractivity contribution in [3.05, 3.63) is 52.8 Å². The van der Waals surface area contributed by atoms with Gasteiger partial charge in [-0.1, -0.05) is 0 Å². The number of rotatable bonds is 7. The number of nitrogen functional groups attached to an aromatic ring is 1. The SMILES string of the molecule is COC(=O)c1ccc(C2CN(CCC(F)(F)F)CCN2Cc2c(OC)cc(C)c3c2ccn3C(=O)OC(C)(C)C)nc1N. The molecule has 2 aromatic heterocycles. The van der Waals surface area contributed by atoms with Crippen LogP contribution in [-0.2, 0) is 16.0 Å². The number of aryl methyl sites for hydroxylation is 1. The number of fused-ring (bicyclic) bond motifs is 1. The summed E-state index contributed by atoms with van der Waals surface area (Å²) in [7, 11) is 2.80. The van der Waals surface area contributed by atoms with Crippen molar-refractivity contribution in [3.8, 4) is 5.75 Å². The van der Waals surface area contributed by atoms with Crippen LogP contribution >= 0.6 is 0 Å². The van der Waals surface area contributed by atoms with Crippen LogP contribution in [0.5, 0.6) is 5.75 Å². The van der Waals surface area contributed by atoms with E-state index in [4.69, 9.17) is 19.9 Å². The number of benzene rings is 1. The highest BCUT2D eigenvalue weighted by molar-refractivity contribution is 5.95. The van der Waals surface area contributed by atoms with E-state index in [2.05, 4.69) is 9.88 Å². The van der Waals surface area contributed by atoms with Gasteiger partial charge in [-0.25, -0.2) is 14.6 Å². The van der Waals surface area contributed by atoms with E-state index in [9.17, 15) is 22.8 Å². The zero-order chi connectivity index (χ0) is 31.7. The molecule has 13 heteroatoms. The maximum absolute atomic E-state index is 13.1. The number of esters is 1. The molecule has 0 bridgehead atoms. The van der Waals surface area contributed by atoms with E-state index in [1.807, 2.05) is 19.1 Å². The van der Waals surface area contributed by atoms with Crippen LogP contribution in [0.2, 0.25) is 0 Å². The third-order valence-electron chi connectivity index (χ3n) is 7.38. The molecule has 1 aliphatic heterocycles. The van der Waals surface area contributed by atoms with Crippen LogP contribution in [0.4, 0.5) is 23.8 Å². The second-order valence-electron chi connectivity index (χ2n) is 11.6. The molecule has 10 nitrogen and oxygen atoms in total. The number of anilines is 1. The van der Waals surface area contributed by atoms with Crippen molar-refractivity contribution in [1.82, 2.24) is 19.4 Å². The second-order valence-corrected chi connectivity index (χ2v) is 11.6. The lowest BCUT2D eigenvalue weighted by Gasteiger charge is -2.41. The number of hydrogen-bond acceptors (Lipinski definition) is 9. The Morgan fingerprint density at radius 1 is 1.12 bits per heavy atom.